The van der Waals surface area contributed by atoms with E-state index in [2.05, 4.69) is 110 Å². The number of nitrogens with zero attached hydrogens (tertiary/aromatic N) is 3. The summed E-state index contributed by atoms with van der Waals surface area (Å²) in [6, 6.07) is 33.7. The van der Waals surface area contributed by atoms with E-state index >= 15 is 0 Å². The van der Waals surface area contributed by atoms with E-state index in [1.54, 1.807) is 0 Å². The molecule has 0 bridgehead atoms. The molecule has 4 heteroatoms. The maximum absolute atomic E-state index is 4.98. The molecule has 0 aliphatic rings. The summed E-state index contributed by atoms with van der Waals surface area (Å²) in [6.07, 6.45) is 0. The van der Waals surface area contributed by atoms with Crippen molar-refractivity contribution in [3.63, 3.8) is 0 Å². The van der Waals surface area contributed by atoms with Gasteiger partial charge in [0, 0.05) is 10.2 Å². The fourth-order valence-electron chi connectivity index (χ4n) is 4.11. The van der Waals surface area contributed by atoms with Crippen LogP contribution in [0.4, 0.5) is 0 Å². The van der Waals surface area contributed by atoms with Gasteiger partial charge in [0.05, 0.1) is 22.1 Å². The third kappa shape index (κ3) is 2.46. The first-order valence-electron chi connectivity index (χ1n) is 9.53. The van der Waals surface area contributed by atoms with Gasteiger partial charge in [-0.15, -0.1) is 0 Å². The molecule has 2 aromatic heterocycles. The maximum atomic E-state index is 4.98. The van der Waals surface area contributed by atoms with Gasteiger partial charge >= 0.3 is 0 Å². The van der Waals surface area contributed by atoms with Crippen LogP contribution in [0.5, 0.6) is 0 Å². The van der Waals surface area contributed by atoms with Gasteiger partial charge in [0.2, 0.25) is 5.78 Å². The van der Waals surface area contributed by atoms with Crippen LogP contribution in [0.3, 0.4) is 0 Å². The van der Waals surface area contributed by atoms with Crippen LogP contribution < -0.4 is 0 Å². The lowest BCUT2D eigenvalue weighted by Crippen LogP contribution is -1.96. The molecule has 0 fully saturated rings. The molecule has 0 unspecified atom stereocenters. The van der Waals surface area contributed by atoms with Gasteiger partial charge in [0.15, 0.2) is 0 Å². The van der Waals surface area contributed by atoms with E-state index in [0.29, 0.717) is 0 Å². The van der Waals surface area contributed by atoms with E-state index in [-0.39, 0.29) is 0 Å². The zero-order chi connectivity index (χ0) is 19.4. The van der Waals surface area contributed by atoms with E-state index in [0.717, 1.165) is 38.0 Å². The quantitative estimate of drug-likeness (QED) is 0.290. The molecule has 6 rings (SSSR count). The van der Waals surface area contributed by atoms with Crippen molar-refractivity contribution in [2.75, 3.05) is 0 Å². The van der Waals surface area contributed by atoms with Gasteiger partial charge in [0.1, 0.15) is 0 Å². The van der Waals surface area contributed by atoms with Crippen molar-refractivity contribution in [3.8, 4) is 16.8 Å². The highest BCUT2D eigenvalue weighted by atomic mass is 79.9. The highest BCUT2D eigenvalue weighted by Crippen LogP contribution is 2.34. The average Bonchev–Trinajstić information content (AvgIpc) is 3.30. The standard InChI is InChI=1S/C25H16BrN3/c26-20-12-7-15-23-24(20)28(25-27-21-13-4-5-14-22(21)29(23)25)19-11-6-10-18(16-19)17-8-2-1-3-9-17/h1-16H. The smallest absolute Gasteiger partial charge is 0.220 e. The Morgan fingerprint density at radius 1 is 0.655 bits per heavy atom. The second-order valence-electron chi connectivity index (χ2n) is 7.10. The first-order valence-corrected chi connectivity index (χ1v) is 10.3. The normalized spacial score (nSPS) is 11.6. The van der Waals surface area contributed by atoms with Crippen LogP contribution in [0, 0.1) is 0 Å². The number of fused-ring (bicyclic) bond motifs is 5. The van der Waals surface area contributed by atoms with Crippen molar-refractivity contribution in [3.05, 3.63) is 102 Å². The van der Waals surface area contributed by atoms with Gasteiger partial charge in [-0.25, -0.2) is 4.98 Å². The number of hydrogen-bond acceptors (Lipinski definition) is 1. The van der Waals surface area contributed by atoms with Crippen molar-refractivity contribution in [1.82, 2.24) is 14.0 Å². The summed E-state index contributed by atoms with van der Waals surface area (Å²) in [4.78, 5) is 4.98. The number of imidazole rings is 2. The average molecular weight is 438 g/mol. The second kappa shape index (κ2) is 6.33. The van der Waals surface area contributed by atoms with Crippen LogP contribution in [0.2, 0.25) is 0 Å². The fraction of sp³-hybridized carbons (Fsp3) is 0. The van der Waals surface area contributed by atoms with Gasteiger partial charge < -0.3 is 0 Å². The molecule has 3 nitrogen and oxygen atoms in total. The zero-order valence-corrected chi connectivity index (χ0v) is 17.0. The minimum absolute atomic E-state index is 0.915. The second-order valence-corrected chi connectivity index (χ2v) is 7.95. The highest BCUT2D eigenvalue weighted by molar-refractivity contribution is 9.10. The summed E-state index contributed by atoms with van der Waals surface area (Å²) in [6.45, 7) is 0. The molecular weight excluding hydrogens is 422 g/mol. The molecule has 0 amide bonds. The van der Waals surface area contributed by atoms with Crippen LogP contribution in [-0.2, 0) is 0 Å². The molecule has 4 aromatic carbocycles. The van der Waals surface area contributed by atoms with Gasteiger partial charge in [-0.05, 0) is 63.5 Å². The minimum atomic E-state index is 0.915. The summed E-state index contributed by atoms with van der Waals surface area (Å²) in [7, 11) is 0. The Morgan fingerprint density at radius 2 is 1.38 bits per heavy atom. The Balaban J connectivity index is 1.73. The van der Waals surface area contributed by atoms with Gasteiger partial charge in [-0.1, -0.05) is 60.7 Å². The highest BCUT2D eigenvalue weighted by Gasteiger charge is 2.18. The lowest BCUT2D eigenvalue weighted by Gasteiger charge is -2.09. The Bertz CT molecular complexity index is 1510. The van der Waals surface area contributed by atoms with Gasteiger partial charge in [0.25, 0.3) is 0 Å². The van der Waals surface area contributed by atoms with Crippen molar-refractivity contribution in [2.45, 2.75) is 0 Å². The molecule has 0 saturated carbocycles. The van der Waals surface area contributed by atoms with E-state index in [1.165, 1.54) is 11.1 Å². The van der Waals surface area contributed by atoms with Crippen molar-refractivity contribution < 1.29 is 0 Å². The van der Waals surface area contributed by atoms with Crippen LogP contribution in [0.15, 0.2) is 102 Å². The molecule has 0 radical (unpaired) electrons. The maximum Gasteiger partial charge on any atom is 0.220 e. The number of hydrogen-bond donors (Lipinski definition) is 0. The Labute approximate surface area is 176 Å². The summed E-state index contributed by atoms with van der Waals surface area (Å²) in [5.74, 6) is 0.915. The molecule has 2 heterocycles. The minimum Gasteiger partial charge on any atom is -0.277 e. The molecule has 0 saturated heterocycles. The molecule has 0 N–H and O–H groups in total. The molecule has 0 atom stereocenters. The zero-order valence-electron chi connectivity index (χ0n) is 15.5. The molecule has 6 aromatic rings. The Morgan fingerprint density at radius 3 is 2.28 bits per heavy atom. The molecule has 0 spiro atoms. The first kappa shape index (κ1) is 16.6. The topological polar surface area (TPSA) is 22.2 Å². The number of para-hydroxylation sites is 3. The van der Waals surface area contributed by atoms with Crippen LogP contribution >= 0.6 is 15.9 Å². The number of halogens is 1. The monoisotopic (exact) mass is 437 g/mol. The van der Waals surface area contributed by atoms with Crippen molar-refractivity contribution >= 4 is 43.8 Å². The molecular formula is C25H16BrN3. The summed E-state index contributed by atoms with van der Waals surface area (Å²) in [5.41, 5.74) is 7.84. The summed E-state index contributed by atoms with van der Waals surface area (Å²) >= 11 is 3.77. The van der Waals surface area contributed by atoms with E-state index in [1.807, 2.05) is 12.1 Å². The Hall–Kier alpha value is -3.37. The van der Waals surface area contributed by atoms with E-state index < -0.39 is 0 Å². The first-order chi connectivity index (χ1) is 14.3. The predicted molar refractivity (Wildman–Crippen MR) is 123 cm³/mol. The molecule has 29 heavy (non-hydrogen) atoms. The van der Waals surface area contributed by atoms with Crippen molar-refractivity contribution in [1.29, 1.82) is 0 Å². The van der Waals surface area contributed by atoms with Gasteiger partial charge in [-0.2, -0.15) is 0 Å². The van der Waals surface area contributed by atoms with Crippen LogP contribution in [-0.4, -0.2) is 14.0 Å². The fourth-order valence-corrected chi connectivity index (χ4v) is 4.64. The van der Waals surface area contributed by atoms with E-state index in [9.17, 15) is 0 Å². The number of rotatable bonds is 2. The van der Waals surface area contributed by atoms with E-state index in [4.69, 9.17) is 4.98 Å². The van der Waals surface area contributed by atoms with Crippen LogP contribution in [0.25, 0.3) is 44.7 Å². The molecule has 0 aliphatic heterocycles. The van der Waals surface area contributed by atoms with Gasteiger partial charge in [-0.3, -0.25) is 8.97 Å². The molecule has 138 valence electrons. The largest absolute Gasteiger partial charge is 0.277 e. The molecule has 0 aliphatic carbocycles. The van der Waals surface area contributed by atoms with Crippen LogP contribution in [0.1, 0.15) is 0 Å². The Kier molecular flexibility index (Phi) is 3.61. The number of benzene rings is 4. The van der Waals surface area contributed by atoms with Crippen molar-refractivity contribution in [2.24, 2.45) is 0 Å². The SMILES string of the molecule is Brc1cccc2c1n(-c1cccc(-c3ccccc3)c1)c1nc3ccccc3n21. The predicted octanol–water partition coefficient (Wildman–Crippen LogP) is 6.86. The lowest BCUT2D eigenvalue weighted by molar-refractivity contribution is 1.11. The summed E-state index contributed by atoms with van der Waals surface area (Å²) < 4.78 is 5.53. The number of aromatic nitrogens is 3. The third-order valence-electron chi connectivity index (χ3n) is 5.38. The summed E-state index contributed by atoms with van der Waals surface area (Å²) in [5, 5.41) is 0. The third-order valence-corrected chi connectivity index (χ3v) is 6.02. The lowest BCUT2D eigenvalue weighted by atomic mass is 10.1.